The van der Waals surface area contributed by atoms with Crippen LogP contribution in [0.5, 0.6) is 0 Å². The lowest BCUT2D eigenvalue weighted by atomic mass is 9.62. The van der Waals surface area contributed by atoms with E-state index < -0.39 is 17.1 Å². The van der Waals surface area contributed by atoms with Crippen LogP contribution in [-0.4, -0.2) is 126 Å². The minimum Gasteiger partial charge on any atom is -0.478 e. The fraction of sp³-hybridized carbons (Fsp3) is 0.632. The number of nitrogen functional groups attached to an aromatic ring is 2. The van der Waals surface area contributed by atoms with E-state index in [0.29, 0.717) is 47.9 Å². The first-order chi connectivity index (χ1) is 24.6. The maximum absolute atomic E-state index is 12.9. The molecule has 2 aromatic rings. The van der Waals surface area contributed by atoms with Crippen LogP contribution in [0.15, 0.2) is 24.5 Å². The van der Waals surface area contributed by atoms with Gasteiger partial charge in [-0.25, -0.2) is 14.8 Å². The number of nitrogens with zero attached hydrogens (tertiary/aromatic N) is 5. The molecular formula is C38H54N8O7. The van der Waals surface area contributed by atoms with Gasteiger partial charge in [0.1, 0.15) is 33.9 Å². The van der Waals surface area contributed by atoms with Gasteiger partial charge in [0.15, 0.2) is 0 Å². The number of carbonyl (C=O) groups excluding carboxylic acids is 3. The zero-order valence-corrected chi connectivity index (χ0v) is 32.1. The average molecular weight is 735 g/mol. The first kappa shape index (κ1) is 38.4. The van der Waals surface area contributed by atoms with Crippen molar-refractivity contribution in [2.75, 3.05) is 37.6 Å². The first-order valence-electron chi connectivity index (χ1n) is 18.4. The summed E-state index contributed by atoms with van der Waals surface area (Å²) in [6.45, 7) is 18.4. The molecule has 0 spiro atoms. The molecule has 6 aliphatic heterocycles. The van der Waals surface area contributed by atoms with Crippen LogP contribution in [0.25, 0.3) is 0 Å². The summed E-state index contributed by atoms with van der Waals surface area (Å²) in [5.74, 6) is -0.340. The summed E-state index contributed by atoms with van der Waals surface area (Å²) in [7, 11) is 0. The highest BCUT2D eigenvalue weighted by Crippen LogP contribution is 2.55. The van der Waals surface area contributed by atoms with Gasteiger partial charge in [-0.1, -0.05) is 0 Å². The van der Waals surface area contributed by atoms with E-state index in [9.17, 15) is 19.2 Å². The lowest BCUT2D eigenvalue weighted by molar-refractivity contribution is -0.244. The number of carboxylic acids is 1. The van der Waals surface area contributed by atoms with Crippen molar-refractivity contribution in [1.82, 2.24) is 30.0 Å². The van der Waals surface area contributed by atoms with Crippen LogP contribution in [0.1, 0.15) is 99.1 Å². The number of piperidine rings is 2. The number of aromatic nitrogens is 2. The van der Waals surface area contributed by atoms with Crippen LogP contribution in [0.3, 0.4) is 0 Å². The number of nitrogens with one attached hydrogen (secondary N) is 1. The van der Waals surface area contributed by atoms with E-state index in [0.717, 1.165) is 44.3 Å². The van der Waals surface area contributed by atoms with Crippen molar-refractivity contribution in [2.24, 2.45) is 0 Å². The Hall–Kier alpha value is -4.34. The molecule has 0 aliphatic carbocycles. The number of piperazine rings is 2. The molecule has 53 heavy (non-hydrogen) atoms. The van der Waals surface area contributed by atoms with Crippen molar-refractivity contribution in [2.45, 2.75) is 128 Å². The van der Waals surface area contributed by atoms with E-state index in [2.05, 4.69) is 25.1 Å². The third-order valence-electron chi connectivity index (χ3n) is 11.0. The number of rotatable bonds is 4. The predicted molar refractivity (Wildman–Crippen MR) is 197 cm³/mol. The van der Waals surface area contributed by atoms with Crippen LogP contribution in [-0.2, 0) is 19.1 Å². The molecule has 15 heteroatoms. The van der Waals surface area contributed by atoms with Crippen LogP contribution < -0.4 is 16.8 Å². The standard InChI is InChI=1S/C19H26N4O3.C12H20N2O2.C7H8N2O2/c1-11-5-15(20)21-8-14(11)16(24)22-9-12-6-19(7-13(10-22)23(12)19)17(25)26-18(2,3)4;1-11(2,3)16-10(15)12-4-8-6-13-7-9(5-12)14(8)12;1-4-2-6(8)9-3-5(4)7(10)11/h5,8,12-13H,6-7,9-10H2,1-4H3,(H2,20,21);8-9,13H,4-7H2,1-3H3;2-3H,1H3,(H2,8,9)(H,10,11). The van der Waals surface area contributed by atoms with E-state index >= 15 is 0 Å². The maximum Gasteiger partial charge on any atom is 0.337 e. The summed E-state index contributed by atoms with van der Waals surface area (Å²) < 4.78 is 11.2. The Bertz CT molecular complexity index is 1770. The molecular weight excluding hydrogens is 680 g/mol. The third kappa shape index (κ3) is 7.18. The molecule has 4 unspecified atom stereocenters. The zero-order valence-electron chi connectivity index (χ0n) is 32.1. The molecule has 6 fully saturated rings. The maximum atomic E-state index is 12.9. The number of pyridine rings is 2. The SMILES string of the molecule is CC(C)(C)OC(=O)C12CC3CNCC(C1)N32.Cc1cc(N)ncc1C(=O)N1CC2CC3(C(=O)OC(C)(C)C)CC(C1)N23.Cc1cc(N)ncc1C(=O)O. The van der Waals surface area contributed by atoms with Gasteiger partial charge in [-0.15, -0.1) is 0 Å². The highest BCUT2D eigenvalue weighted by Gasteiger charge is 2.71. The summed E-state index contributed by atoms with van der Waals surface area (Å²) in [4.78, 5) is 62.4. The van der Waals surface area contributed by atoms with E-state index in [1.165, 1.54) is 12.3 Å². The van der Waals surface area contributed by atoms with Gasteiger partial charge in [0.05, 0.1) is 11.1 Å². The van der Waals surface area contributed by atoms with Crippen LogP contribution in [0.2, 0.25) is 0 Å². The first-order valence-corrected chi connectivity index (χ1v) is 18.4. The minimum absolute atomic E-state index is 0.00341. The number of carboxylic acid groups (broad SMARTS) is 1. The largest absolute Gasteiger partial charge is 0.478 e. The molecule has 4 atom stereocenters. The minimum atomic E-state index is -0.977. The fourth-order valence-electron chi connectivity index (χ4n) is 8.96. The second-order valence-electron chi connectivity index (χ2n) is 17.3. The van der Waals surface area contributed by atoms with E-state index in [1.807, 2.05) is 53.4 Å². The smallest absolute Gasteiger partial charge is 0.337 e. The van der Waals surface area contributed by atoms with E-state index in [-0.39, 0.29) is 46.6 Å². The molecule has 6 aliphatic rings. The Morgan fingerprint density at radius 3 is 1.53 bits per heavy atom. The number of amides is 1. The van der Waals surface area contributed by atoms with Crippen molar-refractivity contribution < 1.29 is 33.8 Å². The molecule has 0 saturated carbocycles. The Morgan fingerprint density at radius 2 is 1.13 bits per heavy atom. The summed E-state index contributed by atoms with van der Waals surface area (Å²) in [5.41, 5.74) is 11.7. The summed E-state index contributed by atoms with van der Waals surface area (Å²) in [6.07, 6.45) is 6.30. The second-order valence-corrected chi connectivity index (χ2v) is 17.3. The number of hydrogen-bond donors (Lipinski definition) is 4. The molecule has 6 saturated heterocycles. The fourth-order valence-corrected chi connectivity index (χ4v) is 8.96. The van der Waals surface area contributed by atoms with Gasteiger partial charge >= 0.3 is 17.9 Å². The molecule has 0 radical (unpaired) electrons. The Morgan fingerprint density at radius 1 is 0.736 bits per heavy atom. The molecule has 8 rings (SSSR count). The number of esters is 2. The molecule has 2 aromatic heterocycles. The van der Waals surface area contributed by atoms with Crippen molar-refractivity contribution >= 4 is 35.5 Å². The van der Waals surface area contributed by atoms with E-state index in [1.54, 1.807) is 19.2 Å². The highest BCUT2D eigenvalue weighted by atomic mass is 16.6. The number of hydrogen-bond acceptors (Lipinski definition) is 13. The quantitative estimate of drug-likeness (QED) is 0.333. The average Bonchev–Trinajstić information content (AvgIpc) is 2.97. The molecule has 0 aromatic carbocycles. The predicted octanol–water partition coefficient (Wildman–Crippen LogP) is 2.54. The third-order valence-corrected chi connectivity index (χ3v) is 11.0. The number of carbonyl (C=O) groups is 4. The van der Waals surface area contributed by atoms with Crippen molar-refractivity contribution in [3.63, 3.8) is 0 Å². The number of nitrogens with two attached hydrogens (primary N) is 2. The molecule has 6 N–H and O–H groups in total. The zero-order chi connectivity index (χ0) is 38.8. The van der Waals surface area contributed by atoms with Crippen LogP contribution in [0, 0.1) is 13.8 Å². The summed E-state index contributed by atoms with van der Waals surface area (Å²) >= 11 is 0. The van der Waals surface area contributed by atoms with Gasteiger partial charge in [0, 0.05) is 62.7 Å². The number of aryl methyl sites for hydroxylation is 2. The van der Waals surface area contributed by atoms with Crippen molar-refractivity contribution in [3.8, 4) is 0 Å². The topological polar surface area (TPSA) is 207 Å². The molecule has 288 valence electrons. The van der Waals surface area contributed by atoms with Gasteiger partial charge < -0.3 is 36.3 Å². The Balaban J connectivity index is 0.000000151. The summed E-state index contributed by atoms with van der Waals surface area (Å²) in [6, 6.07) is 4.87. The molecule has 0 bridgehead atoms. The van der Waals surface area contributed by atoms with Gasteiger partial charge in [0.25, 0.3) is 5.91 Å². The van der Waals surface area contributed by atoms with Gasteiger partial charge in [-0.2, -0.15) is 0 Å². The normalized spacial score (nSPS) is 29.3. The second kappa shape index (κ2) is 13.5. The van der Waals surface area contributed by atoms with Crippen LogP contribution >= 0.6 is 0 Å². The van der Waals surface area contributed by atoms with Crippen molar-refractivity contribution in [1.29, 1.82) is 0 Å². The van der Waals surface area contributed by atoms with Gasteiger partial charge in [-0.05, 0) is 104 Å². The highest BCUT2D eigenvalue weighted by molar-refractivity contribution is 5.96. The van der Waals surface area contributed by atoms with E-state index in [4.69, 9.17) is 26.0 Å². The monoisotopic (exact) mass is 734 g/mol. The van der Waals surface area contributed by atoms with Crippen molar-refractivity contribution in [3.05, 3.63) is 46.8 Å². The van der Waals surface area contributed by atoms with Gasteiger partial charge in [0.2, 0.25) is 0 Å². The lowest BCUT2D eigenvalue weighted by Gasteiger charge is -2.71. The lowest BCUT2D eigenvalue weighted by Crippen LogP contribution is -2.87. The Kier molecular flexibility index (Phi) is 9.78. The molecule has 15 nitrogen and oxygen atoms in total. The van der Waals surface area contributed by atoms with Crippen LogP contribution in [0.4, 0.5) is 11.6 Å². The summed E-state index contributed by atoms with van der Waals surface area (Å²) in [5, 5.41) is 12.0. The number of ether oxygens (including phenoxy) is 2. The molecule has 8 heterocycles. The number of likely N-dealkylation sites (tertiary alicyclic amines) is 1. The number of aromatic carboxylic acids is 1. The van der Waals surface area contributed by atoms with Gasteiger partial charge in [-0.3, -0.25) is 24.2 Å². The molecule has 1 amide bonds. The Labute approximate surface area is 310 Å². The number of anilines is 2.